The second kappa shape index (κ2) is 8.35. The Balaban J connectivity index is 1.75. The van der Waals surface area contributed by atoms with Crippen molar-refractivity contribution >= 4 is 11.5 Å². The van der Waals surface area contributed by atoms with E-state index in [1.807, 2.05) is 0 Å². The molecule has 156 valence electrons. The highest BCUT2D eigenvalue weighted by Gasteiger charge is 2.48. The van der Waals surface area contributed by atoms with Crippen molar-refractivity contribution in [3.63, 3.8) is 0 Å². The van der Waals surface area contributed by atoms with Gasteiger partial charge in [0.1, 0.15) is 5.75 Å². The van der Waals surface area contributed by atoms with Gasteiger partial charge < -0.3 is 4.74 Å². The summed E-state index contributed by atoms with van der Waals surface area (Å²) in [5.41, 5.74) is 1.42. The molecule has 8 nitrogen and oxygen atoms in total. The van der Waals surface area contributed by atoms with Crippen LogP contribution < -0.4 is 4.74 Å². The van der Waals surface area contributed by atoms with Crippen molar-refractivity contribution in [2.45, 2.75) is 24.5 Å². The lowest BCUT2D eigenvalue weighted by Gasteiger charge is -2.34. The molecule has 1 aliphatic rings. The third kappa shape index (κ3) is 4.00. The molecule has 0 N–H and O–H groups in total. The van der Waals surface area contributed by atoms with Crippen molar-refractivity contribution < 1.29 is 19.4 Å². The Hall–Kier alpha value is -4.07. The number of non-ortho nitro benzene ring substituents is 1. The van der Waals surface area contributed by atoms with Crippen LogP contribution in [0.4, 0.5) is 5.69 Å². The van der Waals surface area contributed by atoms with Crippen LogP contribution in [0.3, 0.4) is 0 Å². The first-order valence-electron chi connectivity index (χ1n) is 9.67. The molecule has 0 saturated carbocycles. The number of ether oxygens (including phenoxy) is 1. The average molecular weight is 418 g/mol. The van der Waals surface area contributed by atoms with E-state index in [-0.39, 0.29) is 17.9 Å². The lowest BCUT2D eigenvalue weighted by atomic mass is 9.79. The molecule has 0 aromatic heterocycles. The number of para-hydroxylation sites is 1. The predicted molar refractivity (Wildman–Crippen MR) is 112 cm³/mol. The van der Waals surface area contributed by atoms with Crippen molar-refractivity contribution in [3.8, 4) is 5.75 Å². The fourth-order valence-corrected chi connectivity index (χ4v) is 3.98. The summed E-state index contributed by atoms with van der Waals surface area (Å²) in [5.74, 6) is -0.445. The van der Waals surface area contributed by atoms with Crippen LogP contribution in [0.25, 0.3) is 0 Å². The maximum absolute atomic E-state index is 12.9. The number of nitrogens with zero attached hydrogens (tertiary/aromatic N) is 2. The standard InChI is InChI=1S/C23H18N2O6/c26-20(15-6-2-1-3-7-15)14-19-18-8-4-5-9-21(18)31-23(22(19)25(29)30)16-10-12-17(13-11-16)24(27)28/h1-13,19,22-23H,14H2/t19-,22+,23-/m1/s1. The molecule has 0 saturated heterocycles. The Labute approximate surface area is 177 Å². The highest BCUT2D eigenvalue weighted by atomic mass is 16.6. The Kier molecular flexibility index (Phi) is 5.44. The predicted octanol–water partition coefficient (Wildman–Crippen LogP) is 4.73. The average Bonchev–Trinajstić information content (AvgIpc) is 2.79. The summed E-state index contributed by atoms with van der Waals surface area (Å²) in [4.78, 5) is 35.1. The number of rotatable bonds is 6. The number of fused-ring (bicyclic) bond motifs is 1. The molecular weight excluding hydrogens is 400 g/mol. The second-order valence-corrected chi connectivity index (χ2v) is 7.30. The van der Waals surface area contributed by atoms with E-state index >= 15 is 0 Å². The van der Waals surface area contributed by atoms with Gasteiger partial charge in [0.2, 0.25) is 0 Å². The number of hydrogen-bond acceptors (Lipinski definition) is 6. The van der Waals surface area contributed by atoms with Crippen LogP contribution in [0.1, 0.15) is 39.9 Å². The zero-order valence-corrected chi connectivity index (χ0v) is 16.3. The lowest BCUT2D eigenvalue weighted by molar-refractivity contribution is -0.540. The number of carbonyl (C=O) groups is 1. The topological polar surface area (TPSA) is 113 Å². The van der Waals surface area contributed by atoms with Crippen LogP contribution in [0.2, 0.25) is 0 Å². The van der Waals surface area contributed by atoms with Crippen molar-refractivity contribution in [1.29, 1.82) is 0 Å². The molecule has 3 aromatic rings. The highest BCUT2D eigenvalue weighted by molar-refractivity contribution is 5.96. The van der Waals surface area contributed by atoms with E-state index in [4.69, 9.17) is 4.74 Å². The fraction of sp³-hybridized carbons (Fsp3) is 0.174. The van der Waals surface area contributed by atoms with Gasteiger partial charge in [-0.1, -0.05) is 48.5 Å². The molecule has 1 heterocycles. The molecule has 0 radical (unpaired) electrons. The molecule has 1 aliphatic heterocycles. The van der Waals surface area contributed by atoms with Crippen LogP contribution in [0.5, 0.6) is 5.75 Å². The van der Waals surface area contributed by atoms with Gasteiger partial charge in [0.05, 0.1) is 10.8 Å². The molecule has 0 amide bonds. The van der Waals surface area contributed by atoms with Gasteiger partial charge in [-0.25, -0.2) is 0 Å². The number of Topliss-reactive ketones (excluding diaryl/α,β-unsaturated/α-hetero) is 1. The summed E-state index contributed by atoms with van der Waals surface area (Å²) in [6.07, 6.45) is -1.04. The van der Waals surface area contributed by atoms with E-state index in [9.17, 15) is 25.0 Å². The summed E-state index contributed by atoms with van der Waals surface area (Å²) in [6.45, 7) is 0. The smallest absolute Gasteiger partial charge is 0.269 e. The Morgan fingerprint density at radius 1 is 0.871 bits per heavy atom. The minimum Gasteiger partial charge on any atom is -0.478 e. The second-order valence-electron chi connectivity index (χ2n) is 7.30. The molecule has 3 aromatic carbocycles. The monoisotopic (exact) mass is 418 g/mol. The molecule has 3 atom stereocenters. The van der Waals surface area contributed by atoms with Gasteiger partial charge >= 0.3 is 0 Å². The Morgan fingerprint density at radius 2 is 1.52 bits per heavy atom. The van der Waals surface area contributed by atoms with Gasteiger partial charge in [-0.05, 0) is 23.8 Å². The zero-order chi connectivity index (χ0) is 22.0. The van der Waals surface area contributed by atoms with Gasteiger partial charge in [-0.15, -0.1) is 0 Å². The van der Waals surface area contributed by atoms with E-state index < -0.39 is 27.9 Å². The summed E-state index contributed by atoms with van der Waals surface area (Å²) in [6, 6.07) is 19.9. The van der Waals surface area contributed by atoms with Gasteiger partial charge in [-0.2, -0.15) is 0 Å². The number of carbonyl (C=O) groups excluding carboxylic acids is 1. The molecule has 0 aliphatic carbocycles. The lowest BCUT2D eigenvalue weighted by Crippen LogP contribution is -2.41. The van der Waals surface area contributed by atoms with E-state index in [1.54, 1.807) is 54.6 Å². The fourth-order valence-electron chi connectivity index (χ4n) is 3.98. The van der Waals surface area contributed by atoms with E-state index in [2.05, 4.69) is 0 Å². The third-order valence-corrected chi connectivity index (χ3v) is 5.47. The third-order valence-electron chi connectivity index (χ3n) is 5.47. The maximum Gasteiger partial charge on any atom is 0.269 e. The largest absolute Gasteiger partial charge is 0.478 e. The van der Waals surface area contributed by atoms with Crippen molar-refractivity contribution in [1.82, 2.24) is 0 Å². The molecule has 31 heavy (non-hydrogen) atoms. The van der Waals surface area contributed by atoms with E-state index in [0.29, 0.717) is 22.4 Å². The van der Waals surface area contributed by atoms with Crippen LogP contribution in [-0.4, -0.2) is 21.7 Å². The molecular formula is C23H18N2O6. The number of benzene rings is 3. The molecule has 0 fully saturated rings. The van der Waals surface area contributed by atoms with E-state index in [1.165, 1.54) is 24.3 Å². The molecule has 4 rings (SSSR count). The molecule has 0 unspecified atom stereocenters. The number of nitro groups is 2. The van der Waals surface area contributed by atoms with E-state index in [0.717, 1.165) is 0 Å². The van der Waals surface area contributed by atoms with Gasteiger partial charge in [-0.3, -0.25) is 25.0 Å². The van der Waals surface area contributed by atoms with Crippen molar-refractivity contribution in [2.24, 2.45) is 0 Å². The quantitative estimate of drug-likeness (QED) is 0.325. The van der Waals surface area contributed by atoms with Gasteiger partial charge in [0.25, 0.3) is 11.7 Å². The normalized spacial score (nSPS) is 19.7. The maximum atomic E-state index is 12.9. The first-order valence-corrected chi connectivity index (χ1v) is 9.67. The van der Waals surface area contributed by atoms with Crippen LogP contribution in [0, 0.1) is 20.2 Å². The van der Waals surface area contributed by atoms with Crippen molar-refractivity contribution in [3.05, 3.63) is 116 Å². The molecule has 0 bridgehead atoms. The van der Waals surface area contributed by atoms with Crippen LogP contribution in [-0.2, 0) is 0 Å². The summed E-state index contributed by atoms with van der Waals surface area (Å²) < 4.78 is 5.99. The summed E-state index contributed by atoms with van der Waals surface area (Å²) in [5, 5.41) is 23.1. The molecule has 8 heteroatoms. The van der Waals surface area contributed by atoms with Crippen LogP contribution in [0.15, 0.2) is 78.9 Å². The first-order chi connectivity index (χ1) is 15.0. The Morgan fingerprint density at radius 3 is 2.16 bits per heavy atom. The Bertz CT molecular complexity index is 1130. The SMILES string of the molecule is O=C(C[C@@H]1c2ccccc2O[C@H](c2ccc([N+](=O)[O-])cc2)[C@H]1[N+](=O)[O-])c1ccccc1. The number of ketones is 1. The molecule has 0 spiro atoms. The van der Waals surface area contributed by atoms with Crippen LogP contribution >= 0.6 is 0 Å². The summed E-state index contributed by atoms with van der Waals surface area (Å²) >= 11 is 0. The summed E-state index contributed by atoms with van der Waals surface area (Å²) in [7, 11) is 0. The first kappa shape index (κ1) is 20.2. The van der Waals surface area contributed by atoms with Crippen molar-refractivity contribution in [2.75, 3.05) is 0 Å². The minimum atomic E-state index is -1.23. The number of nitro benzene ring substituents is 1. The minimum absolute atomic E-state index is 0.0560. The number of hydrogen-bond donors (Lipinski definition) is 0. The zero-order valence-electron chi connectivity index (χ0n) is 16.3. The van der Waals surface area contributed by atoms with Gasteiger partial charge in [0, 0.05) is 34.6 Å². The van der Waals surface area contributed by atoms with Gasteiger partial charge in [0.15, 0.2) is 11.9 Å². The highest BCUT2D eigenvalue weighted by Crippen LogP contribution is 2.45.